The van der Waals surface area contributed by atoms with Crippen LogP contribution in [0.2, 0.25) is 0 Å². The molecular weight excluding hydrogens is 198 g/mol. The first-order chi connectivity index (χ1) is 7.77. The van der Waals surface area contributed by atoms with Gasteiger partial charge in [-0.15, -0.1) is 6.58 Å². The van der Waals surface area contributed by atoms with Gasteiger partial charge in [0, 0.05) is 51.9 Å². The Labute approximate surface area is 100 Å². The summed E-state index contributed by atoms with van der Waals surface area (Å²) in [6.45, 7) is 16.4. The quantitative estimate of drug-likeness (QED) is 0.518. The van der Waals surface area contributed by atoms with E-state index in [1.165, 1.54) is 39.1 Å². The fraction of sp³-hybridized carbons (Fsp3) is 0.846. The molecule has 0 saturated carbocycles. The molecule has 1 rings (SSSR count). The maximum atomic E-state index is 3.70. The molecule has 0 spiro atoms. The third-order valence-corrected chi connectivity index (χ3v) is 3.51. The second-order valence-corrected chi connectivity index (χ2v) is 4.63. The van der Waals surface area contributed by atoms with Gasteiger partial charge in [0.1, 0.15) is 0 Å². The topological polar surface area (TPSA) is 18.5 Å². The fourth-order valence-electron chi connectivity index (χ4n) is 2.13. The normalized spacial score (nSPS) is 20.9. The first kappa shape index (κ1) is 13.7. The Kier molecular flexibility index (Phi) is 6.69. The maximum absolute atomic E-state index is 3.70. The summed E-state index contributed by atoms with van der Waals surface area (Å²) in [4.78, 5) is 5.16. The molecule has 1 N–H and O–H groups in total. The Bertz CT molecular complexity index is 186. The molecule has 16 heavy (non-hydrogen) atoms. The molecular formula is C13H27N3. The summed E-state index contributed by atoms with van der Waals surface area (Å²) < 4.78 is 0. The Morgan fingerprint density at radius 3 is 2.56 bits per heavy atom. The average Bonchev–Trinajstić information content (AvgIpc) is 2.34. The fourth-order valence-corrected chi connectivity index (χ4v) is 2.13. The van der Waals surface area contributed by atoms with Gasteiger partial charge in [-0.25, -0.2) is 0 Å². The summed E-state index contributed by atoms with van der Waals surface area (Å²) >= 11 is 0. The number of nitrogens with zero attached hydrogens (tertiary/aromatic N) is 2. The molecule has 1 aliphatic heterocycles. The van der Waals surface area contributed by atoms with Gasteiger partial charge in [0.05, 0.1) is 0 Å². The number of hydrogen-bond donors (Lipinski definition) is 1. The zero-order valence-corrected chi connectivity index (χ0v) is 10.9. The van der Waals surface area contributed by atoms with Crippen LogP contribution in [0.4, 0.5) is 0 Å². The molecule has 0 radical (unpaired) electrons. The van der Waals surface area contributed by atoms with Crippen molar-refractivity contribution >= 4 is 0 Å². The summed E-state index contributed by atoms with van der Waals surface area (Å²) in [5, 5.41) is 3.35. The van der Waals surface area contributed by atoms with Gasteiger partial charge in [0.15, 0.2) is 0 Å². The average molecular weight is 225 g/mol. The summed E-state index contributed by atoms with van der Waals surface area (Å²) in [6.07, 6.45) is 3.18. The van der Waals surface area contributed by atoms with E-state index in [0.29, 0.717) is 0 Å². The standard InChI is InChI=1S/C13H27N3/c1-4-6-14-7-8-15-9-11-16(12-10-15)13(3)5-2/h4,13-14H,1,5-12H2,2-3H3. The lowest BCUT2D eigenvalue weighted by Crippen LogP contribution is -2.50. The Morgan fingerprint density at radius 2 is 2.00 bits per heavy atom. The predicted molar refractivity (Wildman–Crippen MR) is 70.8 cm³/mol. The van der Waals surface area contributed by atoms with Crippen LogP contribution in [0.15, 0.2) is 12.7 Å². The van der Waals surface area contributed by atoms with Crippen LogP contribution < -0.4 is 5.32 Å². The maximum Gasteiger partial charge on any atom is 0.0132 e. The predicted octanol–water partition coefficient (Wildman–Crippen LogP) is 1.18. The van der Waals surface area contributed by atoms with E-state index in [1.54, 1.807) is 0 Å². The van der Waals surface area contributed by atoms with Crippen LogP contribution in [0.25, 0.3) is 0 Å². The van der Waals surface area contributed by atoms with Crippen molar-refractivity contribution in [2.45, 2.75) is 26.3 Å². The second kappa shape index (κ2) is 7.82. The smallest absolute Gasteiger partial charge is 0.0132 e. The van der Waals surface area contributed by atoms with Crippen molar-refractivity contribution < 1.29 is 0 Å². The van der Waals surface area contributed by atoms with Crippen molar-refractivity contribution in [1.29, 1.82) is 0 Å². The molecule has 0 aromatic rings. The highest BCUT2D eigenvalue weighted by atomic mass is 15.3. The molecule has 1 unspecified atom stereocenters. The van der Waals surface area contributed by atoms with E-state index in [0.717, 1.165) is 19.1 Å². The van der Waals surface area contributed by atoms with E-state index >= 15 is 0 Å². The van der Waals surface area contributed by atoms with Crippen molar-refractivity contribution in [3.05, 3.63) is 12.7 Å². The summed E-state index contributed by atoms with van der Waals surface area (Å²) in [7, 11) is 0. The van der Waals surface area contributed by atoms with E-state index in [1.807, 2.05) is 6.08 Å². The zero-order valence-electron chi connectivity index (χ0n) is 10.9. The van der Waals surface area contributed by atoms with Crippen molar-refractivity contribution in [1.82, 2.24) is 15.1 Å². The van der Waals surface area contributed by atoms with Crippen LogP contribution in [-0.2, 0) is 0 Å². The van der Waals surface area contributed by atoms with Gasteiger partial charge in [-0.2, -0.15) is 0 Å². The van der Waals surface area contributed by atoms with Gasteiger partial charge < -0.3 is 5.32 Å². The second-order valence-electron chi connectivity index (χ2n) is 4.63. The van der Waals surface area contributed by atoms with Crippen LogP contribution in [0.1, 0.15) is 20.3 Å². The minimum atomic E-state index is 0.751. The molecule has 1 saturated heterocycles. The molecule has 94 valence electrons. The number of hydrogen-bond acceptors (Lipinski definition) is 3. The highest BCUT2D eigenvalue weighted by Gasteiger charge is 2.19. The van der Waals surface area contributed by atoms with E-state index in [-0.39, 0.29) is 0 Å². The van der Waals surface area contributed by atoms with Gasteiger partial charge in [-0.05, 0) is 13.3 Å². The van der Waals surface area contributed by atoms with Gasteiger partial charge in [0.25, 0.3) is 0 Å². The van der Waals surface area contributed by atoms with Crippen molar-refractivity contribution in [2.75, 3.05) is 45.8 Å². The first-order valence-corrected chi connectivity index (χ1v) is 6.56. The van der Waals surface area contributed by atoms with E-state index in [9.17, 15) is 0 Å². The molecule has 1 atom stereocenters. The van der Waals surface area contributed by atoms with E-state index in [4.69, 9.17) is 0 Å². The van der Waals surface area contributed by atoms with Crippen LogP contribution in [0.3, 0.4) is 0 Å². The molecule has 1 aliphatic rings. The lowest BCUT2D eigenvalue weighted by atomic mass is 10.2. The van der Waals surface area contributed by atoms with Crippen LogP contribution in [-0.4, -0.2) is 61.7 Å². The number of rotatable bonds is 7. The molecule has 0 aromatic heterocycles. The first-order valence-electron chi connectivity index (χ1n) is 6.56. The van der Waals surface area contributed by atoms with E-state index in [2.05, 4.69) is 35.5 Å². The molecule has 0 aromatic carbocycles. The number of nitrogens with one attached hydrogen (secondary N) is 1. The number of piperazine rings is 1. The summed E-state index contributed by atoms with van der Waals surface area (Å²) in [5.74, 6) is 0. The Morgan fingerprint density at radius 1 is 1.31 bits per heavy atom. The highest BCUT2D eigenvalue weighted by molar-refractivity contribution is 4.76. The molecule has 1 heterocycles. The minimum absolute atomic E-state index is 0.751. The van der Waals surface area contributed by atoms with Crippen molar-refractivity contribution in [3.63, 3.8) is 0 Å². The monoisotopic (exact) mass is 225 g/mol. The van der Waals surface area contributed by atoms with Crippen molar-refractivity contribution in [2.24, 2.45) is 0 Å². The van der Waals surface area contributed by atoms with Crippen LogP contribution in [0, 0.1) is 0 Å². The molecule has 1 fully saturated rings. The lowest BCUT2D eigenvalue weighted by Gasteiger charge is -2.37. The van der Waals surface area contributed by atoms with Gasteiger partial charge in [-0.1, -0.05) is 13.0 Å². The molecule has 0 amide bonds. The van der Waals surface area contributed by atoms with Crippen LogP contribution >= 0.6 is 0 Å². The van der Waals surface area contributed by atoms with Crippen LogP contribution in [0.5, 0.6) is 0 Å². The van der Waals surface area contributed by atoms with Gasteiger partial charge in [-0.3, -0.25) is 9.80 Å². The molecule has 3 nitrogen and oxygen atoms in total. The summed E-state index contributed by atoms with van der Waals surface area (Å²) in [5.41, 5.74) is 0. The minimum Gasteiger partial charge on any atom is -0.312 e. The summed E-state index contributed by atoms with van der Waals surface area (Å²) in [6, 6.07) is 0.751. The van der Waals surface area contributed by atoms with Gasteiger partial charge >= 0.3 is 0 Å². The molecule has 0 aliphatic carbocycles. The SMILES string of the molecule is C=CCNCCN1CCN(C(C)CC)CC1. The third kappa shape index (κ3) is 4.64. The van der Waals surface area contributed by atoms with Crippen molar-refractivity contribution in [3.8, 4) is 0 Å². The Hall–Kier alpha value is -0.380. The highest BCUT2D eigenvalue weighted by Crippen LogP contribution is 2.07. The Balaban J connectivity index is 2.09. The molecule has 3 heteroatoms. The third-order valence-electron chi connectivity index (χ3n) is 3.51. The lowest BCUT2D eigenvalue weighted by molar-refractivity contribution is 0.101. The van der Waals surface area contributed by atoms with Gasteiger partial charge in [0.2, 0.25) is 0 Å². The van der Waals surface area contributed by atoms with E-state index < -0.39 is 0 Å². The largest absolute Gasteiger partial charge is 0.312 e. The zero-order chi connectivity index (χ0) is 11.8. The molecule has 0 bridgehead atoms.